The Balaban J connectivity index is 1.91. The summed E-state index contributed by atoms with van der Waals surface area (Å²) in [7, 11) is 0. The summed E-state index contributed by atoms with van der Waals surface area (Å²) in [5.74, 6) is 0.799. The van der Waals surface area contributed by atoms with Gasteiger partial charge in [0, 0.05) is 18.9 Å². The molecule has 2 saturated heterocycles. The molecule has 2 heterocycles. The lowest BCUT2D eigenvalue weighted by molar-refractivity contribution is -0.124. The lowest BCUT2D eigenvalue weighted by Gasteiger charge is -2.07. The van der Waals surface area contributed by atoms with Crippen LogP contribution in [0.5, 0.6) is 0 Å². The second-order valence-corrected chi connectivity index (χ2v) is 3.83. The number of nitrogens with zero attached hydrogens (tertiary/aromatic N) is 1. The zero-order chi connectivity index (χ0) is 8.84. The molecule has 2 fully saturated rings. The third kappa shape index (κ3) is 0.981. The van der Waals surface area contributed by atoms with E-state index >= 15 is 0 Å². The third-order valence-corrected chi connectivity index (χ3v) is 3.06. The Morgan fingerprint density at radius 3 is 2.54 bits per heavy atom. The van der Waals surface area contributed by atoms with Crippen LogP contribution in [0.15, 0.2) is 30.3 Å². The normalized spacial score (nSPS) is 30.5. The van der Waals surface area contributed by atoms with Crippen molar-refractivity contribution in [2.75, 3.05) is 6.54 Å². The van der Waals surface area contributed by atoms with Crippen molar-refractivity contribution in [2.45, 2.75) is 18.4 Å². The van der Waals surface area contributed by atoms with Gasteiger partial charge in [-0.2, -0.15) is 0 Å². The Bertz CT molecular complexity index is 346. The van der Waals surface area contributed by atoms with Gasteiger partial charge in [0.05, 0.1) is 6.04 Å². The van der Waals surface area contributed by atoms with E-state index < -0.39 is 0 Å². The standard InChI is InChI=1S/C11H11NO/c13-11-6-9(10-7-12(10)11)8-4-2-1-3-5-8/h1-5,9-10H,6-7H2. The van der Waals surface area contributed by atoms with Gasteiger partial charge in [0.15, 0.2) is 0 Å². The second kappa shape index (κ2) is 2.34. The summed E-state index contributed by atoms with van der Waals surface area (Å²) in [6, 6.07) is 10.9. The molecule has 1 aromatic carbocycles. The minimum absolute atomic E-state index is 0.332. The first kappa shape index (κ1) is 7.13. The molecule has 2 aliphatic heterocycles. The second-order valence-electron chi connectivity index (χ2n) is 3.83. The summed E-state index contributed by atoms with van der Waals surface area (Å²) in [5, 5.41) is 0. The Morgan fingerprint density at radius 2 is 2.00 bits per heavy atom. The molecular formula is C11H11NO. The quantitative estimate of drug-likeness (QED) is 0.587. The summed E-state index contributed by atoms with van der Waals surface area (Å²) in [6.45, 7) is 0.985. The van der Waals surface area contributed by atoms with Crippen molar-refractivity contribution in [3.63, 3.8) is 0 Å². The van der Waals surface area contributed by atoms with Gasteiger partial charge in [-0.05, 0) is 5.56 Å². The van der Waals surface area contributed by atoms with Crippen molar-refractivity contribution in [1.82, 2.24) is 4.90 Å². The molecule has 0 spiro atoms. The monoisotopic (exact) mass is 173 g/mol. The zero-order valence-electron chi connectivity index (χ0n) is 7.31. The van der Waals surface area contributed by atoms with Crippen molar-refractivity contribution in [2.24, 2.45) is 0 Å². The number of benzene rings is 1. The Kier molecular flexibility index (Phi) is 1.29. The molecule has 0 aliphatic carbocycles. The highest BCUT2D eigenvalue weighted by atomic mass is 16.2. The van der Waals surface area contributed by atoms with Gasteiger partial charge >= 0.3 is 0 Å². The molecule has 2 unspecified atom stereocenters. The van der Waals surface area contributed by atoms with Crippen molar-refractivity contribution in [1.29, 1.82) is 0 Å². The predicted octanol–water partition coefficient (Wildman–Crippen LogP) is 1.38. The van der Waals surface area contributed by atoms with Gasteiger partial charge in [-0.3, -0.25) is 4.79 Å². The smallest absolute Gasteiger partial charge is 0.223 e. The van der Waals surface area contributed by atoms with Crippen molar-refractivity contribution in [3.05, 3.63) is 35.9 Å². The van der Waals surface area contributed by atoms with Gasteiger partial charge in [0.25, 0.3) is 0 Å². The molecule has 1 aromatic rings. The van der Waals surface area contributed by atoms with E-state index in [2.05, 4.69) is 12.1 Å². The molecule has 13 heavy (non-hydrogen) atoms. The summed E-state index contributed by atoms with van der Waals surface area (Å²) >= 11 is 0. The summed E-state index contributed by atoms with van der Waals surface area (Å²) in [5.41, 5.74) is 1.32. The SMILES string of the molecule is O=C1CC(c2ccccc2)C2CN12. The summed E-state index contributed by atoms with van der Waals surface area (Å²) in [4.78, 5) is 13.3. The number of carbonyl (C=O) groups is 1. The fraction of sp³-hybridized carbons (Fsp3) is 0.364. The Labute approximate surface area is 77.2 Å². The fourth-order valence-electron chi connectivity index (χ4n) is 2.27. The van der Waals surface area contributed by atoms with Gasteiger partial charge in [-0.15, -0.1) is 0 Å². The van der Waals surface area contributed by atoms with E-state index in [1.165, 1.54) is 5.56 Å². The van der Waals surface area contributed by atoms with E-state index in [-0.39, 0.29) is 0 Å². The van der Waals surface area contributed by atoms with Crippen LogP contribution in [-0.2, 0) is 4.79 Å². The maximum absolute atomic E-state index is 11.3. The molecule has 2 nitrogen and oxygen atoms in total. The van der Waals surface area contributed by atoms with Crippen LogP contribution in [0.3, 0.4) is 0 Å². The molecule has 0 N–H and O–H groups in total. The molecule has 0 radical (unpaired) electrons. The molecule has 2 heteroatoms. The molecule has 1 amide bonds. The van der Waals surface area contributed by atoms with Gasteiger partial charge in [0.1, 0.15) is 0 Å². The van der Waals surface area contributed by atoms with Crippen molar-refractivity contribution < 1.29 is 4.79 Å². The molecule has 0 aromatic heterocycles. The number of rotatable bonds is 1. The van der Waals surface area contributed by atoms with Gasteiger partial charge in [-0.1, -0.05) is 30.3 Å². The number of fused-ring (bicyclic) bond motifs is 1. The number of carbonyl (C=O) groups excluding carboxylic acids is 1. The van der Waals surface area contributed by atoms with Crippen LogP contribution in [0.4, 0.5) is 0 Å². The Morgan fingerprint density at radius 1 is 1.23 bits per heavy atom. The first-order chi connectivity index (χ1) is 6.36. The van der Waals surface area contributed by atoms with Gasteiger partial charge in [-0.25, -0.2) is 0 Å². The molecule has 2 aliphatic rings. The Hall–Kier alpha value is -1.31. The summed E-state index contributed by atoms with van der Waals surface area (Å²) < 4.78 is 0. The third-order valence-electron chi connectivity index (χ3n) is 3.06. The van der Waals surface area contributed by atoms with Gasteiger partial charge in [0.2, 0.25) is 5.91 Å². The fourth-order valence-corrected chi connectivity index (χ4v) is 2.27. The van der Waals surface area contributed by atoms with E-state index in [9.17, 15) is 4.79 Å². The van der Waals surface area contributed by atoms with Gasteiger partial charge < -0.3 is 4.90 Å². The van der Waals surface area contributed by atoms with Crippen LogP contribution in [0, 0.1) is 0 Å². The highest BCUT2D eigenvalue weighted by Crippen LogP contribution is 2.42. The van der Waals surface area contributed by atoms with E-state index in [1.807, 2.05) is 23.1 Å². The number of piperidine rings is 1. The number of amides is 1. The van der Waals surface area contributed by atoms with Crippen LogP contribution in [0.1, 0.15) is 17.9 Å². The van der Waals surface area contributed by atoms with Crippen LogP contribution < -0.4 is 0 Å². The molecule has 66 valence electrons. The number of hydrogen-bond acceptors (Lipinski definition) is 1. The van der Waals surface area contributed by atoms with E-state index in [1.54, 1.807) is 0 Å². The topological polar surface area (TPSA) is 20.1 Å². The minimum Gasteiger partial charge on any atom is -0.335 e. The molecular weight excluding hydrogens is 162 g/mol. The van der Waals surface area contributed by atoms with Crippen molar-refractivity contribution in [3.8, 4) is 0 Å². The van der Waals surface area contributed by atoms with E-state index in [4.69, 9.17) is 0 Å². The average molecular weight is 173 g/mol. The highest BCUT2D eigenvalue weighted by Gasteiger charge is 2.51. The van der Waals surface area contributed by atoms with Crippen molar-refractivity contribution >= 4 is 5.91 Å². The van der Waals surface area contributed by atoms with E-state index in [0.717, 1.165) is 6.54 Å². The molecule has 0 bridgehead atoms. The van der Waals surface area contributed by atoms with Crippen LogP contribution in [-0.4, -0.2) is 23.4 Å². The molecule has 3 rings (SSSR count). The average Bonchev–Trinajstić information content (AvgIpc) is 2.89. The zero-order valence-corrected chi connectivity index (χ0v) is 7.31. The first-order valence-corrected chi connectivity index (χ1v) is 4.70. The number of hydrogen-bond donors (Lipinski definition) is 0. The lowest BCUT2D eigenvalue weighted by Crippen LogP contribution is -2.05. The maximum Gasteiger partial charge on any atom is 0.223 e. The lowest BCUT2D eigenvalue weighted by atomic mass is 9.94. The first-order valence-electron chi connectivity index (χ1n) is 4.70. The van der Waals surface area contributed by atoms with Crippen LogP contribution in [0.25, 0.3) is 0 Å². The maximum atomic E-state index is 11.3. The van der Waals surface area contributed by atoms with E-state index in [0.29, 0.717) is 24.3 Å². The highest BCUT2D eigenvalue weighted by molar-refractivity contribution is 5.83. The van der Waals surface area contributed by atoms with Crippen LogP contribution >= 0.6 is 0 Å². The largest absolute Gasteiger partial charge is 0.335 e. The van der Waals surface area contributed by atoms with Crippen LogP contribution in [0.2, 0.25) is 0 Å². The molecule has 0 saturated carbocycles. The predicted molar refractivity (Wildman–Crippen MR) is 49.3 cm³/mol. The summed E-state index contributed by atoms with van der Waals surface area (Å²) in [6.07, 6.45) is 0.717. The molecule has 2 atom stereocenters. The minimum atomic E-state index is 0.332.